The molecule has 1 saturated carbocycles. The van der Waals surface area contributed by atoms with Crippen molar-refractivity contribution < 1.29 is 0 Å². The molecule has 0 unspecified atom stereocenters. The maximum absolute atomic E-state index is 5.84. The van der Waals surface area contributed by atoms with Crippen LogP contribution in [0.5, 0.6) is 0 Å². The lowest BCUT2D eigenvalue weighted by Gasteiger charge is -2.02. The second kappa shape index (κ2) is 3.44. The van der Waals surface area contributed by atoms with Gasteiger partial charge in [0.15, 0.2) is 5.82 Å². The zero-order chi connectivity index (χ0) is 10.1. The number of aliphatic imine (C=N–C) groups is 1. The molecule has 2 rings (SSSR count). The van der Waals surface area contributed by atoms with Gasteiger partial charge in [0.25, 0.3) is 0 Å². The summed E-state index contributed by atoms with van der Waals surface area (Å²) in [5.41, 5.74) is 6.97. The Morgan fingerprint density at radius 1 is 1.64 bits per heavy atom. The van der Waals surface area contributed by atoms with Gasteiger partial charge < -0.3 is 5.73 Å². The lowest BCUT2D eigenvalue weighted by atomic mass is 10.1. The van der Waals surface area contributed by atoms with Crippen LogP contribution in [-0.2, 0) is 0 Å². The number of nitrogens with two attached hydrogens (primary N) is 1. The molecule has 1 aromatic rings. The van der Waals surface area contributed by atoms with Crippen LogP contribution in [0.15, 0.2) is 11.2 Å². The van der Waals surface area contributed by atoms with Gasteiger partial charge in [-0.25, -0.2) is 4.99 Å². The average molecular weight is 192 g/mol. The molecular formula is C10H16N4. The average Bonchev–Trinajstić information content (AvgIpc) is 2.87. The van der Waals surface area contributed by atoms with Gasteiger partial charge in [-0.3, -0.25) is 5.10 Å². The van der Waals surface area contributed by atoms with Crippen LogP contribution in [0, 0.1) is 5.92 Å². The molecule has 1 fully saturated rings. The van der Waals surface area contributed by atoms with Crippen molar-refractivity contribution in [2.45, 2.75) is 32.6 Å². The van der Waals surface area contributed by atoms with E-state index < -0.39 is 0 Å². The van der Waals surface area contributed by atoms with Crippen LogP contribution in [0.3, 0.4) is 0 Å². The topological polar surface area (TPSA) is 67.1 Å². The molecule has 0 bridgehead atoms. The van der Waals surface area contributed by atoms with Crippen LogP contribution < -0.4 is 5.73 Å². The highest BCUT2D eigenvalue weighted by molar-refractivity contribution is 5.87. The van der Waals surface area contributed by atoms with E-state index in [1.54, 1.807) is 0 Å². The molecule has 0 spiro atoms. The van der Waals surface area contributed by atoms with E-state index >= 15 is 0 Å². The number of nitrogens with zero attached hydrogens (tertiary/aromatic N) is 2. The van der Waals surface area contributed by atoms with E-state index in [-0.39, 0.29) is 0 Å². The van der Waals surface area contributed by atoms with E-state index in [0.717, 1.165) is 17.2 Å². The molecule has 0 atom stereocenters. The maximum Gasteiger partial charge on any atom is 0.153 e. The molecule has 1 aliphatic rings. The van der Waals surface area contributed by atoms with Gasteiger partial charge >= 0.3 is 0 Å². The lowest BCUT2D eigenvalue weighted by Crippen LogP contribution is -2.13. The minimum Gasteiger partial charge on any atom is -0.387 e. The maximum atomic E-state index is 5.84. The molecule has 4 nitrogen and oxygen atoms in total. The molecule has 76 valence electrons. The number of amidine groups is 1. The number of hydrogen-bond donors (Lipinski definition) is 2. The Balaban J connectivity index is 2.22. The highest BCUT2D eigenvalue weighted by atomic mass is 15.2. The van der Waals surface area contributed by atoms with Gasteiger partial charge in [-0.1, -0.05) is 13.8 Å². The van der Waals surface area contributed by atoms with Gasteiger partial charge in [-0.2, -0.15) is 5.10 Å². The fraction of sp³-hybridized carbons (Fsp3) is 0.600. The van der Waals surface area contributed by atoms with Crippen LogP contribution in [0.4, 0.5) is 5.82 Å². The molecule has 14 heavy (non-hydrogen) atoms. The van der Waals surface area contributed by atoms with Crippen LogP contribution in [0.1, 0.15) is 38.2 Å². The minimum atomic E-state index is 0.430. The smallest absolute Gasteiger partial charge is 0.153 e. The summed E-state index contributed by atoms with van der Waals surface area (Å²) in [6.07, 6.45) is 4.19. The summed E-state index contributed by atoms with van der Waals surface area (Å²) in [6.45, 7) is 4.24. The van der Waals surface area contributed by atoms with Crippen LogP contribution in [0.25, 0.3) is 0 Å². The predicted molar refractivity (Wildman–Crippen MR) is 56.7 cm³/mol. The van der Waals surface area contributed by atoms with Gasteiger partial charge in [0.1, 0.15) is 5.84 Å². The van der Waals surface area contributed by atoms with Crippen molar-refractivity contribution in [3.8, 4) is 0 Å². The van der Waals surface area contributed by atoms with Crippen LogP contribution >= 0.6 is 0 Å². The molecule has 0 amide bonds. The standard InChI is InChI=1S/C10H16N4/c1-6(2)8-5-12-14-10(8)13-9(11)7-3-4-7/h5-7H,3-4H2,1-2H3,(H3,11,12,13,14). The summed E-state index contributed by atoms with van der Waals surface area (Å²) in [7, 11) is 0. The Bertz CT molecular complexity index is 347. The summed E-state index contributed by atoms with van der Waals surface area (Å²) >= 11 is 0. The Hall–Kier alpha value is -1.32. The molecule has 4 heteroatoms. The molecule has 1 aliphatic carbocycles. The van der Waals surface area contributed by atoms with E-state index in [1.807, 2.05) is 6.20 Å². The van der Waals surface area contributed by atoms with Gasteiger partial charge in [-0.15, -0.1) is 0 Å². The van der Waals surface area contributed by atoms with Crippen molar-refractivity contribution in [2.75, 3.05) is 0 Å². The largest absolute Gasteiger partial charge is 0.387 e. The quantitative estimate of drug-likeness (QED) is 0.567. The number of aromatic amines is 1. The van der Waals surface area contributed by atoms with E-state index in [9.17, 15) is 0 Å². The van der Waals surface area contributed by atoms with Crippen molar-refractivity contribution in [1.29, 1.82) is 0 Å². The van der Waals surface area contributed by atoms with Crippen molar-refractivity contribution in [1.82, 2.24) is 10.2 Å². The van der Waals surface area contributed by atoms with Crippen molar-refractivity contribution >= 4 is 11.7 Å². The third-order valence-electron chi connectivity index (χ3n) is 2.51. The lowest BCUT2D eigenvalue weighted by molar-refractivity contribution is 0.867. The summed E-state index contributed by atoms with van der Waals surface area (Å²) in [4.78, 5) is 4.38. The Kier molecular flexibility index (Phi) is 2.27. The van der Waals surface area contributed by atoms with E-state index in [0.29, 0.717) is 11.8 Å². The summed E-state index contributed by atoms with van der Waals surface area (Å²) < 4.78 is 0. The molecule has 1 aromatic heterocycles. The first-order valence-corrected chi connectivity index (χ1v) is 5.05. The SMILES string of the molecule is CC(C)c1cn[nH]c1N=C(N)C1CC1. The normalized spacial score (nSPS) is 17.8. The molecule has 1 heterocycles. The van der Waals surface area contributed by atoms with Crippen LogP contribution in [-0.4, -0.2) is 16.0 Å². The van der Waals surface area contributed by atoms with Crippen molar-refractivity contribution in [3.05, 3.63) is 11.8 Å². The second-order valence-electron chi connectivity index (χ2n) is 4.14. The Morgan fingerprint density at radius 2 is 2.36 bits per heavy atom. The second-order valence-corrected chi connectivity index (χ2v) is 4.14. The molecule has 0 saturated heterocycles. The number of nitrogens with one attached hydrogen (secondary N) is 1. The van der Waals surface area contributed by atoms with E-state index in [1.165, 1.54) is 12.8 Å². The first-order valence-electron chi connectivity index (χ1n) is 5.05. The summed E-state index contributed by atoms with van der Waals surface area (Å²) in [5, 5.41) is 6.87. The van der Waals surface area contributed by atoms with E-state index in [4.69, 9.17) is 5.73 Å². The molecule has 3 N–H and O–H groups in total. The predicted octanol–water partition coefficient (Wildman–Crippen LogP) is 1.93. The number of H-pyrrole nitrogens is 1. The minimum absolute atomic E-state index is 0.430. The molecule has 0 radical (unpaired) electrons. The van der Waals surface area contributed by atoms with Crippen molar-refractivity contribution in [2.24, 2.45) is 16.6 Å². The van der Waals surface area contributed by atoms with E-state index in [2.05, 4.69) is 29.0 Å². The number of rotatable bonds is 3. The third kappa shape index (κ3) is 1.78. The molecular weight excluding hydrogens is 176 g/mol. The fourth-order valence-electron chi connectivity index (χ4n) is 1.40. The monoisotopic (exact) mass is 192 g/mol. The fourth-order valence-corrected chi connectivity index (χ4v) is 1.40. The van der Waals surface area contributed by atoms with Gasteiger partial charge in [-0.05, 0) is 18.8 Å². The summed E-state index contributed by atoms with van der Waals surface area (Å²) in [5.74, 6) is 2.51. The first kappa shape index (κ1) is 9.24. The highest BCUT2D eigenvalue weighted by Crippen LogP contribution is 2.31. The number of aromatic nitrogens is 2. The Labute approximate surface area is 83.6 Å². The zero-order valence-electron chi connectivity index (χ0n) is 8.62. The zero-order valence-corrected chi connectivity index (χ0v) is 8.62. The Morgan fingerprint density at radius 3 is 2.93 bits per heavy atom. The number of hydrogen-bond acceptors (Lipinski definition) is 2. The summed E-state index contributed by atoms with van der Waals surface area (Å²) in [6, 6.07) is 0. The molecule has 0 aromatic carbocycles. The van der Waals surface area contributed by atoms with Gasteiger partial charge in [0, 0.05) is 11.5 Å². The van der Waals surface area contributed by atoms with Gasteiger partial charge in [0.2, 0.25) is 0 Å². The molecule has 0 aliphatic heterocycles. The first-order chi connectivity index (χ1) is 6.68. The van der Waals surface area contributed by atoms with Crippen molar-refractivity contribution in [3.63, 3.8) is 0 Å². The highest BCUT2D eigenvalue weighted by Gasteiger charge is 2.25. The third-order valence-corrected chi connectivity index (χ3v) is 2.51. The van der Waals surface area contributed by atoms with Crippen LogP contribution in [0.2, 0.25) is 0 Å². The van der Waals surface area contributed by atoms with Gasteiger partial charge in [0.05, 0.1) is 6.20 Å².